The minimum atomic E-state index is -0.494. The van der Waals surface area contributed by atoms with Gasteiger partial charge in [0.25, 0.3) is 11.6 Å². The van der Waals surface area contributed by atoms with Crippen LogP contribution in [0.2, 0.25) is 0 Å². The molecule has 1 N–H and O–H groups in total. The third kappa shape index (κ3) is 4.23. The standard InChI is InChI=1S/C25H23N3O4/c1-15-5-6-17(13-21(15)28(30)31)23(29)26-19-10-7-16(8-11-19)24-27-20-14-18(25(2,3)4)9-12-22(20)32-24/h5-14H,1-4H3,(H,26,29). The van der Waals surface area contributed by atoms with E-state index in [1.807, 2.05) is 30.3 Å². The second-order valence-corrected chi connectivity index (χ2v) is 8.74. The number of anilines is 1. The van der Waals surface area contributed by atoms with Crippen LogP contribution in [0.15, 0.2) is 65.1 Å². The number of fused-ring (bicyclic) bond motifs is 1. The molecule has 1 amide bonds. The van der Waals surface area contributed by atoms with Crippen molar-refractivity contribution in [3.05, 3.63) is 87.5 Å². The Bertz CT molecular complexity index is 1330. The number of nitro benzene ring substituents is 1. The highest BCUT2D eigenvalue weighted by atomic mass is 16.6. The van der Waals surface area contributed by atoms with Crippen LogP contribution in [0, 0.1) is 17.0 Å². The van der Waals surface area contributed by atoms with E-state index < -0.39 is 10.8 Å². The average Bonchev–Trinajstić information content (AvgIpc) is 3.17. The molecule has 0 aliphatic carbocycles. The van der Waals surface area contributed by atoms with Crippen molar-refractivity contribution >= 4 is 28.4 Å². The number of amides is 1. The quantitative estimate of drug-likeness (QED) is 0.305. The molecule has 0 bridgehead atoms. The van der Waals surface area contributed by atoms with Crippen LogP contribution in [0.1, 0.15) is 42.3 Å². The maximum atomic E-state index is 12.5. The monoisotopic (exact) mass is 429 g/mol. The Hall–Kier alpha value is -4.00. The molecule has 1 heterocycles. The first-order chi connectivity index (χ1) is 15.1. The fourth-order valence-corrected chi connectivity index (χ4v) is 3.36. The normalized spacial score (nSPS) is 11.5. The zero-order valence-corrected chi connectivity index (χ0v) is 18.3. The van der Waals surface area contributed by atoms with Crippen LogP contribution in [0.3, 0.4) is 0 Å². The molecule has 162 valence electrons. The molecule has 0 spiro atoms. The number of nitrogens with one attached hydrogen (secondary N) is 1. The van der Waals surface area contributed by atoms with Gasteiger partial charge in [0.2, 0.25) is 5.89 Å². The largest absolute Gasteiger partial charge is 0.436 e. The van der Waals surface area contributed by atoms with E-state index in [0.29, 0.717) is 22.7 Å². The maximum absolute atomic E-state index is 12.5. The number of nitrogens with zero attached hydrogens (tertiary/aromatic N) is 2. The molecule has 0 unspecified atom stereocenters. The summed E-state index contributed by atoms with van der Waals surface area (Å²) in [6.45, 7) is 8.08. The number of aryl methyl sites for hydroxylation is 1. The van der Waals surface area contributed by atoms with Crippen LogP contribution < -0.4 is 5.32 Å². The van der Waals surface area contributed by atoms with Crippen molar-refractivity contribution in [3.63, 3.8) is 0 Å². The SMILES string of the molecule is Cc1ccc(C(=O)Nc2ccc(-c3nc4cc(C(C)(C)C)ccc4o3)cc2)cc1[N+](=O)[O-]. The molecule has 1 aromatic heterocycles. The van der Waals surface area contributed by atoms with Gasteiger partial charge in [0, 0.05) is 28.4 Å². The highest BCUT2D eigenvalue weighted by molar-refractivity contribution is 6.04. The van der Waals surface area contributed by atoms with Crippen molar-refractivity contribution in [1.82, 2.24) is 4.98 Å². The van der Waals surface area contributed by atoms with Crippen LogP contribution in [-0.2, 0) is 5.41 Å². The van der Waals surface area contributed by atoms with E-state index in [4.69, 9.17) is 4.42 Å². The molecule has 4 aromatic rings. The lowest BCUT2D eigenvalue weighted by Gasteiger charge is -2.18. The number of carbonyl (C=O) groups is 1. The summed E-state index contributed by atoms with van der Waals surface area (Å²) in [5.74, 6) is 0.0792. The Morgan fingerprint density at radius 1 is 1.03 bits per heavy atom. The minimum absolute atomic E-state index is 0.0189. The van der Waals surface area contributed by atoms with Gasteiger partial charge in [-0.3, -0.25) is 14.9 Å². The number of nitro groups is 1. The van der Waals surface area contributed by atoms with Crippen LogP contribution >= 0.6 is 0 Å². The molecule has 0 fully saturated rings. The number of benzene rings is 3. The molecule has 0 saturated heterocycles. The average molecular weight is 429 g/mol. The number of rotatable bonds is 4. The van der Waals surface area contributed by atoms with Crippen molar-refractivity contribution in [1.29, 1.82) is 0 Å². The molecule has 0 radical (unpaired) electrons. The molecule has 0 atom stereocenters. The summed E-state index contributed by atoms with van der Waals surface area (Å²) in [7, 11) is 0. The number of hydrogen-bond donors (Lipinski definition) is 1. The molecule has 32 heavy (non-hydrogen) atoms. The van der Waals surface area contributed by atoms with E-state index in [0.717, 1.165) is 11.1 Å². The molecular formula is C25H23N3O4. The Kier molecular flexibility index (Phi) is 5.26. The fourth-order valence-electron chi connectivity index (χ4n) is 3.36. The van der Waals surface area contributed by atoms with Gasteiger partial charge in [-0.15, -0.1) is 0 Å². The third-order valence-corrected chi connectivity index (χ3v) is 5.31. The Morgan fingerprint density at radius 2 is 1.75 bits per heavy atom. The summed E-state index contributed by atoms with van der Waals surface area (Å²) in [6, 6.07) is 17.5. The fraction of sp³-hybridized carbons (Fsp3) is 0.200. The smallest absolute Gasteiger partial charge is 0.273 e. The zero-order chi connectivity index (χ0) is 23.0. The maximum Gasteiger partial charge on any atom is 0.273 e. The molecule has 0 aliphatic rings. The van der Waals surface area contributed by atoms with E-state index in [1.54, 1.807) is 31.2 Å². The number of carbonyl (C=O) groups excluding carboxylic acids is 1. The van der Waals surface area contributed by atoms with Crippen molar-refractivity contribution in [2.75, 3.05) is 5.32 Å². The first-order valence-electron chi connectivity index (χ1n) is 10.2. The van der Waals surface area contributed by atoms with Crippen LogP contribution in [0.25, 0.3) is 22.6 Å². The lowest BCUT2D eigenvalue weighted by molar-refractivity contribution is -0.385. The number of aromatic nitrogens is 1. The summed E-state index contributed by atoms with van der Waals surface area (Å²) in [5, 5.41) is 13.9. The number of oxazole rings is 1. The highest BCUT2D eigenvalue weighted by Gasteiger charge is 2.17. The van der Waals surface area contributed by atoms with Gasteiger partial charge < -0.3 is 9.73 Å². The van der Waals surface area contributed by atoms with E-state index >= 15 is 0 Å². The minimum Gasteiger partial charge on any atom is -0.436 e. The van der Waals surface area contributed by atoms with Gasteiger partial charge in [-0.05, 0) is 60.4 Å². The third-order valence-electron chi connectivity index (χ3n) is 5.31. The molecule has 3 aromatic carbocycles. The predicted octanol–water partition coefficient (Wildman–Crippen LogP) is 6.26. The van der Waals surface area contributed by atoms with E-state index in [9.17, 15) is 14.9 Å². The van der Waals surface area contributed by atoms with Gasteiger partial charge in [0.05, 0.1) is 4.92 Å². The van der Waals surface area contributed by atoms with Gasteiger partial charge in [-0.2, -0.15) is 0 Å². The van der Waals surface area contributed by atoms with Crippen LogP contribution in [-0.4, -0.2) is 15.8 Å². The van der Waals surface area contributed by atoms with Crippen molar-refractivity contribution in [2.45, 2.75) is 33.1 Å². The summed E-state index contributed by atoms with van der Waals surface area (Å²) >= 11 is 0. The summed E-state index contributed by atoms with van der Waals surface area (Å²) in [6.07, 6.45) is 0. The molecule has 0 saturated carbocycles. The van der Waals surface area contributed by atoms with Gasteiger partial charge in [-0.1, -0.05) is 32.9 Å². The first kappa shape index (κ1) is 21.2. The van der Waals surface area contributed by atoms with Gasteiger partial charge in [0.15, 0.2) is 5.58 Å². The first-order valence-corrected chi connectivity index (χ1v) is 10.2. The van der Waals surface area contributed by atoms with Crippen LogP contribution in [0.5, 0.6) is 0 Å². The Labute approximate surface area is 185 Å². The lowest BCUT2D eigenvalue weighted by atomic mass is 9.87. The van der Waals surface area contributed by atoms with Crippen molar-refractivity contribution in [2.24, 2.45) is 0 Å². The van der Waals surface area contributed by atoms with Gasteiger partial charge in [-0.25, -0.2) is 4.98 Å². The zero-order valence-electron chi connectivity index (χ0n) is 18.3. The molecule has 4 rings (SSSR count). The Morgan fingerprint density at radius 3 is 2.41 bits per heavy atom. The molecule has 0 aliphatic heterocycles. The molecular weight excluding hydrogens is 406 g/mol. The van der Waals surface area contributed by atoms with Crippen molar-refractivity contribution < 1.29 is 14.1 Å². The summed E-state index contributed by atoms with van der Waals surface area (Å²) in [4.78, 5) is 27.8. The summed E-state index contributed by atoms with van der Waals surface area (Å²) in [5.41, 5.74) is 4.69. The summed E-state index contributed by atoms with van der Waals surface area (Å²) < 4.78 is 5.90. The van der Waals surface area contributed by atoms with Crippen LogP contribution in [0.4, 0.5) is 11.4 Å². The van der Waals surface area contributed by atoms with Crippen molar-refractivity contribution in [3.8, 4) is 11.5 Å². The molecule has 7 heteroatoms. The predicted molar refractivity (Wildman–Crippen MR) is 124 cm³/mol. The highest BCUT2D eigenvalue weighted by Crippen LogP contribution is 2.30. The lowest BCUT2D eigenvalue weighted by Crippen LogP contribution is -2.12. The van der Waals surface area contributed by atoms with E-state index in [1.165, 1.54) is 11.6 Å². The van der Waals surface area contributed by atoms with Gasteiger partial charge >= 0.3 is 0 Å². The second kappa shape index (κ2) is 7.92. The molecule has 7 nitrogen and oxygen atoms in total. The van der Waals surface area contributed by atoms with Gasteiger partial charge in [0.1, 0.15) is 5.52 Å². The topological polar surface area (TPSA) is 98.3 Å². The Balaban J connectivity index is 1.54. The van der Waals surface area contributed by atoms with E-state index in [-0.39, 0.29) is 16.7 Å². The number of hydrogen-bond acceptors (Lipinski definition) is 5. The van der Waals surface area contributed by atoms with E-state index in [2.05, 4.69) is 31.1 Å². The second-order valence-electron chi connectivity index (χ2n) is 8.74.